The smallest absolute Gasteiger partial charge is 0.462 e. The highest BCUT2D eigenvalue weighted by Gasteiger charge is 2.54. The number of rotatable bonds is 39. The lowest BCUT2D eigenvalue weighted by atomic mass is 9.85. The van der Waals surface area contributed by atoms with Gasteiger partial charge in [0.05, 0.1) is 6.61 Å². The predicted octanol–water partition coefficient (Wildman–Crippen LogP) is 8.73. The Morgan fingerprint density at radius 3 is 1.43 bits per heavy atom. The number of unbranched alkanes of at least 4 members (excludes halogenated alkanes) is 19. The van der Waals surface area contributed by atoms with Gasteiger partial charge in [0.25, 0.3) is 0 Å². The number of esters is 2. The standard InChI is InChI=1S/C45H82O16P2/c1-3-5-7-9-11-13-15-17-19-21-23-25-27-29-31-33-38(46)57-35-37(59-39(47)34-32-30-28-26-24-22-20-18-16-14-12-10-8-6-4-2)36-58-63(55,56)61-45-42(50)40(48)41(49)44(43(45)51)60-62(52,53)54/h11,13-14,16-17,19,37,40-45,48-51H,3-10,12,15,18,20-36H2,1-2H3,(H,55,56)(H2,52,53,54)/t37-,40?,41?,42?,43?,44-,45+/m1/s1. The molecule has 0 amide bonds. The Bertz CT molecular complexity index is 1370. The second kappa shape index (κ2) is 36.4. The molecule has 0 saturated heterocycles. The minimum Gasteiger partial charge on any atom is -0.462 e. The Balaban J connectivity index is 2.61. The van der Waals surface area contributed by atoms with Gasteiger partial charge in [-0.25, -0.2) is 9.13 Å². The number of aliphatic hydroxyl groups is 4. The molecule has 8 atom stereocenters. The fourth-order valence-corrected chi connectivity index (χ4v) is 8.53. The highest BCUT2D eigenvalue weighted by molar-refractivity contribution is 7.47. The third-order valence-electron chi connectivity index (χ3n) is 10.7. The van der Waals surface area contributed by atoms with Gasteiger partial charge in [0.15, 0.2) is 6.10 Å². The SMILES string of the molecule is CCCCCC=CCC=CCCCCCCCC(=O)OC[C@H](COP(=O)(O)O[C@H]1C(O)C(O)C(O)[C@@H](OP(=O)(O)O)C1O)OC(=O)CCCCCCCCCC=CCCCCCC. The van der Waals surface area contributed by atoms with Crippen LogP contribution in [0.4, 0.5) is 0 Å². The largest absolute Gasteiger partial charge is 0.472 e. The molecule has 1 aliphatic rings. The Morgan fingerprint density at radius 1 is 0.508 bits per heavy atom. The number of hydrogen-bond acceptors (Lipinski definition) is 13. The van der Waals surface area contributed by atoms with E-state index < -0.39 is 83.5 Å². The van der Waals surface area contributed by atoms with E-state index in [0.717, 1.165) is 96.3 Å². The predicted molar refractivity (Wildman–Crippen MR) is 241 cm³/mol. The van der Waals surface area contributed by atoms with Gasteiger partial charge >= 0.3 is 27.6 Å². The van der Waals surface area contributed by atoms with E-state index in [1.807, 2.05) is 0 Å². The van der Waals surface area contributed by atoms with Gasteiger partial charge in [0.2, 0.25) is 0 Å². The van der Waals surface area contributed by atoms with Crippen molar-refractivity contribution in [2.75, 3.05) is 13.2 Å². The monoisotopic (exact) mass is 941 g/mol. The fraction of sp³-hybridized carbons (Fsp3) is 0.822. The van der Waals surface area contributed by atoms with Crippen LogP contribution in [0.15, 0.2) is 36.5 Å². The zero-order chi connectivity index (χ0) is 46.8. The fourth-order valence-electron chi connectivity index (χ4n) is 6.99. The van der Waals surface area contributed by atoms with Gasteiger partial charge in [-0.2, -0.15) is 0 Å². The van der Waals surface area contributed by atoms with Crippen molar-refractivity contribution >= 4 is 27.6 Å². The molecule has 1 rings (SSSR count). The zero-order valence-electron chi connectivity index (χ0n) is 38.0. The van der Waals surface area contributed by atoms with Gasteiger partial charge in [-0.15, -0.1) is 0 Å². The average Bonchev–Trinajstić information content (AvgIpc) is 3.23. The molecule has 1 saturated carbocycles. The van der Waals surface area contributed by atoms with Crippen LogP contribution < -0.4 is 0 Å². The first-order valence-corrected chi connectivity index (χ1v) is 26.6. The number of aliphatic hydroxyl groups excluding tert-OH is 4. The molecule has 7 N–H and O–H groups in total. The van der Waals surface area contributed by atoms with Crippen LogP contribution >= 0.6 is 15.6 Å². The Labute approximate surface area is 376 Å². The molecule has 0 aromatic carbocycles. The third kappa shape index (κ3) is 30.9. The summed E-state index contributed by atoms with van der Waals surface area (Å²) in [5, 5.41) is 41.2. The first-order valence-electron chi connectivity index (χ1n) is 23.5. The summed E-state index contributed by atoms with van der Waals surface area (Å²) < 4.78 is 49.3. The van der Waals surface area contributed by atoms with E-state index in [4.69, 9.17) is 28.3 Å². The van der Waals surface area contributed by atoms with Crippen LogP contribution in [-0.4, -0.2) is 103 Å². The van der Waals surface area contributed by atoms with Crippen LogP contribution in [0.1, 0.15) is 181 Å². The summed E-state index contributed by atoms with van der Waals surface area (Å²) in [7, 11) is -10.7. The lowest BCUT2D eigenvalue weighted by Gasteiger charge is -2.43. The molecule has 0 heterocycles. The van der Waals surface area contributed by atoms with Crippen molar-refractivity contribution < 1.29 is 76.9 Å². The van der Waals surface area contributed by atoms with Gasteiger partial charge in [0, 0.05) is 12.8 Å². The molecule has 63 heavy (non-hydrogen) atoms. The number of hydrogen-bond donors (Lipinski definition) is 7. The highest BCUT2D eigenvalue weighted by atomic mass is 31.2. The van der Waals surface area contributed by atoms with E-state index in [9.17, 15) is 44.0 Å². The summed E-state index contributed by atoms with van der Waals surface area (Å²) in [5.41, 5.74) is 0. The van der Waals surface area contributed by atoms with Crippen LogP contribution in [0.2, 0.25) is 0 Å². The maximum Gasteiger partial charge on any atom is 0.472 e. The summed E-state index contributed by atoms with van der Waals surface area (Å²) in [6, 6.07) is 0. The number of carbonyl (C=O) groups is 2. The first-order chi connectivity index (χ1) is 30.1. The van der Waals surface area contributed by atoms with Gasteiger partial charge in [-0.05, 0) is 70.6 Å². The second-order valence-corrected chi connectivity index (χ2v) is 19.1. The summed E-state index contributed by atoms with van der Waals surface area (Å²) >= 11 is 0. The summed E-state index contributed by atoms with van der Waals surface area (Å²) in [5.74, 6) is -1.23. The molecular weight excluding hydrogens is 858 g/mol. The molecule has 368 valence electrons. The highest BCUT2D eigenvalue weighted by Crippen LogP contribution is 2.49. The molecule has 0 spiro atoms. The number of ether oxygens (including phenoxy) is 2. The summed E-state index contributed by atoms with van der Waals surface area (Å²) in [6.07, 6.45) is 23.8. The Hall–Kier alpha value is -1.78. The molecule has 1 aliphatic carbocycles. The van der Waals surface area contributed by atoms with E-state index in [1.54, 1.807) is 0 Å². The number of carbonyl (C=O) groups excluding carboxylic acids is 2. The topological polar surface area (TPSA) is 256 Å². The number of phosphoric ester groups is 2. The molecule has 0 aromatic rings. The molecule has 0 radical (unpaired) electrons. The van der Waals surface area contributed by atoms with Crippen molar-refractivity contribution in [1.82, 2.24) is 0 Å². The summed E-state index contributed by atoms with van der Waals surface area (Å²) in [6.45, 7) is 3.05. The van der Waals surface area contributed by atoms with E-state index in [2.05, 4.69) is 54.8 Å². The number of phosphoric acid groups is 2. The van der Waals surface area contributed by atoms with Crippen LogP contribution in [0.5, 0.6) is 0 Å². The van der Waals surface area contributed by atoms with Crippen molar-refractivity contribution in [1.29, 1.82) is 0 Å². The van der Waals surface area contributed by atoms with E-state index in [1.165, 1.54) is 44.9 Å². The molecule has 1 fully saturated rings. The molecule has 18 heteroatoms. The average molecular weight is 941 g/mol. The number of allylic oxidation sites excluding steroid dienone is 6. The lowest BCUT2D eigenvalue weighted by molar-refractivity contribution is -0.216. The van der Waals surface area contributed by atoms with Crippen molar-refractivity contribution in [2.24, 2.45) is 0 Å². The molecular formula is C45H82O16P2. The van der Waals surface area contributed by atoms with Gasteiger partial charge in [-0.1, -0.05) is 134 Å². The first kappa shape index (κ1) is 59.2. The maximum atomic E-state index is 13.0. The van der Waals surface area contributed by atoms with Crippen molar-refractivity contribution in [3.8, 4) is 0 Å². The Kier molecular flexibility index (Phi) is 34.2. The van der Waals surface area contributed by atoms with Gasteiger partial charge in [-0.3, -0.25) is 23.2 Å². The maximum absolute atomic E-state index is 13.0. The molecule has 0 aliphatic heterocycles. The molecule has 5 unspecified atom stereocenters. The molecule has 16 nitrogen and oxygen atoms in total. The zero-order valence-corrected chi connectivity index (χ0v) is 39.8. The van der Waals surface area contributed by atoms with E-state index >= 15 is 0 Å². The van der Waals surface area contributed by atoms with Crippen molar-refractivity contribution in [2.45, 2.75) is 224 Å². The minimum atomic E-state index is -5.36. The van der Waals surface area contributed by atoms with Gasteiger partial charge < -0.3 is 44.6 Å². The van der Waals surface area contributed by atoms with Crippen LogP contribution in [0.3, 0.4) is 0 Å². The van der Waals surface area contributed by atoms with Gasteiger partial charge in [0.1, 0.15) is 43.2 Å². The van der Waals surface area contributed by atoms with Crippen LogP contribution in [-0.2, 0) is 41.8 Å². The third-order valence-corrected chi connectivity index (χ3v) is 12.2. The summed E-state index contributed by atoms with van der Waals surface area (Å²) in [4.78, 5) is 54.2. The molecule has 0 bridgehead atoms. The lowest BCUT2D eigenvalue weighted by Crippen LogP contribution is -2.64. The quantitative estimate of drug-likeness (QED) is 0.0132. The Morgan fingerprint density at radius 2 is 0.921 bits per heavy atom. The van der Waals surface area contributed by atoms with Crippen molar-refractivity contribution in [3.63, 3.8) is 0 Å². The van der Waals surface area contributed by atoms with E-state index in [-0.39, 0.29) is 12.8 Å². The minimum absolute atomic E-state index is 0.0361. The van der Waals surface area contributed by atoms with E-state index in [0.29, 0.717) is 12.8 Å². The molecule has 0 aromatic heterocycles. The van der Waals surface area contributed by atoms with Crippen LogP contribution in [0.25, 0.3) is 0 Å². The second-order valence-electron chi connectivity index (χ2n) is 16.5. The van der Waals surface area contributed by atoms with Crippen molar-refractivity contribution in [3.05, 3.63) is 36.5 Å². The van der Waals surface area contributed by atoms with Crippen LogP contribution in [0, 0.1) is 0 Å². The normalized spacial score (nSPS) is 22.2.